The molecule has 1 aromatic rings. The number of carbonyl (C=O) groups is 1. The third kappa shape index (κ3) is 4.67. The Morgan fingerprint density at radius 1 is 1.37 bits per heavy atom. The van der Waals surface area contributed by atoms with Crippen molar-refractivity contribution >= 4 is 17.3 Å². The van der Waals surface area contributed by atoms with Crippen molar-refractivity contribution in [1.82, 2.24) is 5.32 Å². The highest BCUT2D eigenvalue weighted by molar-refractivity contribution is 5.91. The SMILES string of the molecule is CCNCCC(=O)Nc1ccc(CC)c([N+](=O)[O-])c1. The van der Waals surface area contributed by atoms with E-state index in [0.29, 0.717) is 30.6 Å². The van der Waals surface area contributed by atoms with Crippen molar-refractivity contribution in [2.75, 3.05) is 18.4 Å². The van der Waals surface area contributed by atoms with Gasteiger partial charge in [0.25, 0.3) is 5.69 Å². The van der Waals surface area contributed by atoms with Gasteiger partial charge in [-0.3, -0.25) is 14.9 Å². The number of nitrogens with one attached hydrogen (secondary N) is 2. The number of nitrogens with zero attached hydrogens (tertiary/aromatic N) is 1. The minimum atomic E-state index is -0.423. The van der Waals surface area contributed by atoms with Crippen LogP contribution < -0.4 is 10.6 Å². The first-order valence-electron chi connectivity index (χ1n) is 6.36. The monoisotopic (exact) mass is 265 g/mol. The number of carbonyl (C=O) groups excluding carboxylic acids is 1. The number of aryl methyl sites for hydroxylation is 1. The van der Waals surface area contributed by atoms with Crippen molar-refractivity contribution in [3.8, 4) is 0 Å². The van der Waals surface area contributed by atoms with Crippen LogP contribution in [0.1, 0.15) is 25.8 Å². The van der Waals surface area contributed by atoms with E-state index in [1.165, 1.54) is 6.07 Å². The lowest BCUT2D eigenvalue weighted by molar-refractivity contribution is -0.385. The molecule has 0 fully saturated rings. The van der Waals surface area contributed by atoms with E-state index in [4.69, 9.17) is 0 Å². The number of benzene rings is 1. The average Bonchev–Trinajstić information content (AvgIpc) is 2.39. The highest BCUT2D eigenvalue weighted by Gasteiger charge is 2.13. The van der Waals surface area contributed by atoms with Crippen molar-refractivity contribution in [3.63, 3.8) is 0 Å². The van der Waals surface area contributed by atoms with E-state index in [9.17, 15) is 14.9 Å². The van der Waals surface area contributed by atoms with Crippen LogP contribution in [0.5, 0.6) is 0 Å². The maximum atomic E-state index is 11.6. The van der Waals surface area contributed by atoms with Crippen LogP contribution in [-0.2, 0) is 11.2 Å². The summed E-state index contributed by atoms with van der Waals surface area (Å²) >= 11 is 0. The van der Waals surface area contributed by atoms with Crippen molar-refractivity contribution < 1.29 is 9.72 Å². The van der Waals surface area contributed by atoms with Gasteiger partial charge in [0, 0.05) is 30.3 Å². The molecule has 104 valence electrons. The van der Waals surface area contributed by atoms with E-state index in [0.717, 1.165) is 6.54 Å². The molecule has 0 aliphatic rings. The number of hydrogen-bond donors (Lipinski definition) is 2. The second-order valence-corrected chi connectivity index (χ2v) is 4.11. The summed E-state index contributed by atoms with van der Waals surface area (Å²) in [6.45, 7) is 5.23. The first-order valence-corrected chi connectivity index (χ1v) is 6.36. The predicted octanol–water partition coefficient (Wildman–Crippen LogP) is 2.10. The van der Waals surface area contributed by atoms with Crippen LogP contribution >= 0.6 is 0 Å². The zero-order valence-corrected chi connectivity index (χ0v) is 11.2. The third-order valence-electron chi connectivity index (χ3n) is 2.73. The fourth-order valence-electron chi connectivity index (χ4n) is 1.71. The molecule has 0 radical (unpaired) electrons. The molecule has 0 atom stereocenters. The summed E-state index contributed by atoms with van der Waals surface area (Å²) in [5, 5.41) is 16.6. The number of hydrogen-bond acceptors (Lipinski definition) is 4. The molecular weight excluding hydrogens is 246 g/mol. The van der Waals surface area contributed by atoms with Gasteiger partial charge in [-0.2, -0.15) is 0 Å². The molecule has 6 nitrogen and oxygen atoms in total. The number of anilines is 1. The normalized spacial score (nSPS) is 10.2. The van der Waals surface area contributed by atoms with E-state index in [1.54, 1.807) is 12.1 Å². The molecule has 0 unspecified atom stereocenters. The first-order chi connectivity index (χ1) is 9.08. The third-order valence-corrected chi connectivity index (χ3v) is 2.73. The molecule has 1 aromatic carbocycles. The highest BCUT2D eigenvalue weighted by atomic mass is 16.6. The molecule has 0 aromatic heterocycles. The zero-order valence-electron chi connectivity index (χ0n) is 11.2. The zero-order chi connectivity index (χ0) is 14.3. The van der Waals surface area contributed by atoms with E-state index in [-0.39, 0.29) is 11.6 Å². The Hall–Kier alpha value is -1.95. The van der Waals surface area contributed by atoms with Crippen LogP contribution in [0, 0.1) is 10.1 Å². The molecule has 0 aliphatic heterocycles. The van der Waals surface area contributed by atoms with Gasteiger partial charge in [0.1, 0.15) is 0 Å². The van der Waals surface area contributed by atoms with Gasteiger partial charge in [-0.25, -0.2) is 0 Å². The average molecular weight is 265 g/mol. The maximum absolute atomic E-state index is 11.6. The first kappa shape index (κ1) is 15.1. The maximum Gasteiger partial charge on any atom is 0.274 e. The van der Waals surface area contributed by atoms with E-state index in [1.807, 2.05) is 13.8 Å². The second kappa shape index (κ2) is 7.48. The summed E-state index contributed by atoms with van der Waals surface area (Å²) in [7, 11) is 0. The molecular formula is C13H19N3O3. The van der Waals surface area contributed by atoms with Gasteiger partial charge < -0.3 is 10.6 Å². The van der Waals surface area contributed by atoms with Gasteiger partial charge >= 0.3 is 0 Å². The summed E-state index contributed by atoms with van der Waals surface area (Å²) in [5.74, 6) is -0.153. The van der Waals surface area contributed by atoms with Gasteiger partial charge in [-0.1, -0.05) is 19.9 Å². The molecule has 2 N–H and O–H groups in total. The van der Waals surface area contributed by atoms with Crippen LogP contribution in [0.25, 0.3) is 0 Å². The van der Waals surface area contributed by atoms with Gasteiger partial charge in [0.2, 0.25) is 5.91 Å². The molecule has 19 heavy (non-hydrogen) atoms. The Labute approximate surface area is 112 Å². The summed E-state index contributed by atoms with van der Waals surface area (Å²) < 4.78 is 0. The quantitative estimate of drug-likeness (QED) is 0.449. The largest absolute Gasteiger partial charge is 0.326 e. The van der Waals surface area contributed by atoms with Gasteiger partial charge in [-0.05, 0) is 19.0 Å². The number of nitro groups is 1. The number of nitro benzene ring substituents is 1. The smallest absolute Gasteiger partial charge is 0.274 e. The Morgan fingerprint density at radius 2 is 2.11 bits per heavy atom. The molecule has 0 heterocycles. The van der Waals surface area contributed by atoms with Crippen LogP contribution in [-0.4, -0.2) is 23.9 Å². The molecule has 6 heteroatoms. The van der Waals surface area contributed by atoms with Crippen molar-refractivity contribution in [1.29, 1.82) is 0 Å². The van der Waals surface area contributed by atoms with Crippen LogP contribution in [0.4, 0.5) is 11.4 Å². The van der Waals surface area contributed by atoms with Gasteiger partial charge in [-0.15, -0.1) is 0 Å². The fourth-order valence-corrected chi connectivity index (χ4v) is 1.71. The molecule has 0 saturated carbocycles. The van der Waals surface area contributed by atoms with Crippen LogP contribution in [0.15, 0.2) is 18.2 Å². The summed E-state index contributed by atoms with van der Waals surface area (Å²) in [5.41, 5.74) is 1.17. The van der Waals surface area contributed by atoms with E-state index >= 15 is 0 Å². The number of rotatable bonds is 7. The molecule has 1 amide bonds. The Balaban J connectivity index is 2.71. The van der Waals surface area contributed by atoms with Crippen molar-refractivity contribution in [2.45, 2.75) is 26.7 Å². The fraction of sp³-hybridized carbons (Fsp3) is 0.462. The van der Waals surface area contributed by atoms with E-state index < -0.39 is 4.92 Å². The minimum absolute atomic E-state index is 0.0481. The Kier molecular flexibility index (Phi) is 5.95. The Morgan fingerprint density at radius 3 is 2.68 bits per heavy atom. The molecule has 0 aliphatic carbocycles. The molecule has 0 spiro atoms. The molecule has 0 bridgehead atoms. The van der Waals surface area contributed by atoms with Crippen LogP contribution in [0.2, 0.25) is 0 Å². The minimum Gasteiger partial charge on any atom is -0.326 e. The van der Waals surface area contributed by atoms with Crippen LogP contribution in [0.3, 0.4) is 0 Å². The topological polar surface area (TPSA) is 84.3 Å². The summed E-state index contributed by atoms with van der Waals surface area (Å²) in [6, 6.07) is 4.78. The number of amides is 1. The Bertz CT molecular complexity index is 460. The van der Waals surface area contributed by atoms with E-state index in [2.05, 4.69) is 10.6 Å². The second-order valence-electron chi connectivity index (χ2n) is 4.11. The van der Waals surface area contributed by atoms with Crippen molar-refractivity contribution in [3.05, 3.63) is 33.9 Å². The highest BCUT2D eigenvalue weighted by Crippen LogP contribution is 2.23. The lowest BCUT2D eigenvalue weighted by Crippen LogP contribution is -2.21. The standard InChI is InChI=1S/C13H19N3O3/c1-3-10-5-6-11(9-12(10)16(18)19)15-13(17)7-8-14-4-2/h5-6,9,14H,3-4,7-8H2,1-2H3,(H,15,17). The lowest BCUT2D eigenvalue weighted by atomic mass is 10.1. The summed E-state index contributed by atoms with van der Waals surface area (Å²) in [4.78, 5) is 22.1. The molecule has 0 saturated heterocycles. The predicted molar refractivity (Wildman–Crippen MR) is 74.3 cm³/mol. The summed E-state index contributed by atoms with van der Waals surface area (Å²) in [6.07, 6.45) is 0.933. The lowest BCUT2D eigenvalue weighted by Gasteiger charge is -2.07. The molecule has 1 rings (SSSR count). The van der Waals surface area contributed by atoms with Gasteiger partial charge in [0.05, 0.1) is 4.92 Å². The van der Waals surface area contributed by atoms with Crippen molar-refractivity contribution in [2.24, 2.45) is 0 Å². The van der Waals surface area contributed by atoms with Gasteiger partial charge in [0.15, 0.2) is 0 Å².